The molecule has 0 saturated carbocycles. The van der Waals surface area contributed by atoms with E-state index in [1.807, 2.05) is 0 Å². The summed E-state index contributed by atoms with van der Waals surface area (Å²) in [5.41, 5.74) is 1.01. The molecule has 0 aromatic rings. The van der Waals surface area contributed by atoms with Crippen molar-refractivity contribution < 1.29 is 0 Å². The van der Waals surface area contributed by atoms with Crippen LogP contribution in [0.5, 0.6) is 0 Å². The van der Waals surface area contributed by atoms with Crippen molar-refractivity contribution in [3.8, 4) is 0 Å². The zero-order valence-corrected chi connectivity index (χ0v) is 6.15. The van der Waals surface area contributed by atoms with Crippen LogP contribution in [0.2, 0.25) is 0 Å². The molecule has 0 aliphatic heterocycles. The Kier molecular flexibility index (Phi) is 5.12. The predicted octanol–water partition coefficient (Wildman–Crippen LogP) is 0.853. The first-order valence-corrected chi connectivity index (χ1v) is 3.14. The van der Waals surface area contributed by atoms with Gasteiger partial charge in [0.05, 0.1) is 0 Å². The number of rotatable bonds is 4. The van der Waals surface area contributed by atoms with Crippen LogP contribution in [-0.2, 0) is 0 Å². The van der Waals surface area contributed by atoms with Gasteiger partial charge in [0.2, 0.25) is 0 Å². The minimum absolute atomic E-state index is 0.830. The highest BCUT2D eigenvalue weighted by Crippen LogP contribution is 1.74. The molecule has 52 valence electrons. The van der Waals surface area contributed by atoms with Crippen LogP contribution < -0.4 is 5.32 Å². The molecule has 0 saturated heterocycles. The van der Waals surface area contributed by atoms with Crippen LogP contribution in [0.1, 0.15) is 6.92 Å². The third kappa shape index (κ3) is 3.91. The zero-order valence-electron chi connectivity index (χ0n) is 6.15. The molecular formula is C7H14N2. The lowest BCUT2D eigenvalue weighted by Gasteiger charge is -1.98. The topological polar surface area (TPSA) is 24.4 Å². The maximum atomic E-state index is 3.98. The van der Waals surface area contributed by atoms with E-state index in [2.05, 4.69) is 23.8 Å². The van der Waals surface area contributed by atoms with Crippen LogP contribution in [0.4, 0.5) is 0 Å². The summed E-state index contributed by atoms with van der Waals surface area (Å²) in [7, 11) is 1.77. The molecule has 0 spiro atoms. The fraction of sp³-hybridized carbons (Fsp3) is 0.571. The first-order valence-electron chi connectivity index (χ1n) is 3.14. The summed E-state index contributed by atoms with van der Waals surface area (Å²) in [5, 5.41) is 3.15. The molecule has 0 heterocycles. The largest absolute Gasteiger partial charge is 0.311 e. The Morgan fingerprint density at radius 3 is 2.78 bits per heavy atom. The molecule has 0 fully saturated rings. The van der Waals surface area contributed by atoms with Gasteiger partial charge in [-0.25, -0.2) is 0 Å². The summed E-state index contributed by atoms with van der Waals surface area (Å²) in [6, 6.07) is 0. The second-order valence-electron chi connectivity index (χ2n) is 1.70. The molecule has 0 atom stereocenters. The van der Waals surface area contributed by atoms with E-state index in [1.165, 1.54) is 0 Å². The van der Waals surface area contributed by atoms with E-state index in [0.717, 1.165) is 18.8 Å². The van der Waals surface area contributed by atoms with Crippen molar-refractivity contribution in [2.75, 3.05) is 20.1 Å². The van der Waals surface area contributed by atoms with Gasteiger partial charge in [-0.15, -0.1) is 0 Å². The minimum Gasteiger partial charge on any atom is -0.311 e. The Labute approximate surface area is 56.7 Å². The number of nitrogens with one attached hydrogen (secondary N) is 1. The lowest BCUT2D eigenvalue weighted by atomic mass is 10.3. The molecule has 0 bridgehead atoms. The Morgan fingerprint density at radius 2 is 2.44 bits per heavy atom. The van der Waals surface area contributed by atoms with Gasteiger partial charge < -0.3 is 5.32 Å². The molecule has 0 amide bonds. The summed E-state index contributed by atoms with van der Waals surface area (Å²) >= 11 is 0. The van der Waals surface area contributed by atoms with Crippen molar-refractivity contribution in [2.24, 2.45) is 4.99 Å². The quantitative estimate of drug-likeness (QED) is 0.555. The Morgan fingerprint density at radius 1 is 1.78 bits per heavy atom. The van der Waals surface area contributed by atoms with Crippen molar-refractivity contribution in [1.82, 2.24) is 5.32 Å². The summed E-state index contributed by atoms with van der Waals surface area (Å²) < 4.78 is 0. The molecule has 0 aromatic carbocycles. The van der Waals surface area contributed by atoms with Gasteiger partial charge >= 0.3 is 0 Å². The van der Waals surface area contributed by atoms with E-state index in [4.69, 9.17) is 0 Å². The highest BCUT2D eigenvalue weighted by molar-refractivity contribution is 5.95. The standard InChI is InChI=1S/C7H14N2/c1-4-7(8-3)6-9-5-2/h4,9H,1,5-6H2,2-3H3/b8-7+. The maximum Gasteiger partial charge on any atom is 0.0477 e. The SMILES string of the molecule is C=C/C(CNCC)=N\C. The van der Waals surface area contributed by atoms with Crippen LogP contribution in [0.3, 0.4) is 0 Å². The van der Waals surface area contributed by atoms with Crippen molar-refractivity contribution in [3.63, 3.8) is 0 Å². The minimum atomic E-state index is 0.830. The van der Waals surface area contributed by atoms with Gasteiger partial charge in [0.25, 0.3) is 0 Å². The highest BCUT2D eigenvalue weighted by atomic mass is 14.9. The van der Waals surface area contributed by atoms with Crippen LogP contribution >= 0.6 is 0 Å². The first kappa shape index (κ1) is 8.37. The van der Waals surface area contributed by atoms with Gasteiger partial charge in [-0.05, 0) is 12.6 Å². The molecule has 9 heavy (non-hydrogen) atoms. The van der Waals surface area contributed by atoms with Crippen LogP contribution in [-0.4, -0.2) is 25.8 Å². The summed E-state index contributed by atoms with van der Waals surface area (Å²) in [6.07, 6.45) is 1.77. The van der Waals surface area contributed by atoms with E-state index < -0.39 is 0 Å². The number of aliphatic imine (C=N–C) groups is 1. The van der Waals surface area contributed by atoms with E-state index >= 15 is 0 Å². The van der Waals surface area contributed by atoms with E-state index in [9.17, 15) is 0 Å². The normalized spacial score (nSPS) is 11.6. The highest BCUT2D eigenvalue weighted by Gasteiger charge is 1.86. The van der Waals surface area contributed by atoms with Crippen molar-refractivity contribution >= 4 is 5.71 Å². The van der Waals surface area contributed by atoms with Crippen LogP contribution in [0.25, 0.3) is 0 Å². The number of nitrogens with zero attached hydrogens (tertiary/aromatic N) is 1. The van der Waals surface area contributed by atoms with Crippen molar-refractivity contribution in [3.05, 3.63) is 12.7 Å². The summed E-state index contributed by atoms with van der Waals surface area (Å²) in [5.74, 6) is 0. The fourth-order valence-electron chi connectivity index (χ4n) is 0.496. The molecule has 2 nitrogen and oxygen atoms in total. The van der Waals surface area contributed by atoms with Crippen LogP contribution in [0.15, 0.2) is 17.6 Å². The number of hydrogen-bond acceptors (Lipinski definition) is 2. The molecular weight excluding hydrogens is 112 g/mol. The summed E-state index contributed by atoms with van der Waals surface area (Å²) in [4.78, 5) is 3.98. The predicted molar refractivity (Wildman–Crippen MR) is 42.1 cm³/mol. The molecule has 0 aromatic heterocycles. The van der Waals surface area contributed by atoms with Crippen molar-refractivity contribution in [1.29, 1.82) is 0 Å². The first-order chi connectivity index (χ1) is 4.35. The van der Waals surface area contributed by atoms with Crippen molar-refractivity contribution in [2.45, 2.75) is 6.92 Å². The van der Waals surface area contributed by atoms with Gasteiger partial charge in [0.15, 0.2) is 0 Å². The lowest BCUT2D eigenvalue weighted by Crippen LogP contribution is -2.20. The Balaban J connectivity index is 3.45. The maximum absolute atomic E-state index is 3.98. The van der Waals surface area contributed by atoms with Gasteiger partial charge in [-0.1, -0.05) is 13.5 Å². The van der Waals surface area contributed by atoms with E-state index in [-0.39, 0.29) is 0 Å². The molecule has 1 N–H and O–H groups in total. The monoisotopic (exact) mass is 126 g/mol. The van der Waals surface area contributed by atoms with Crippen LogP contribution in [0, 0.1) is 0 Å². The second kappa shape index (κ2) is 5.51. The third-order valence-corrected chi connectivity index (χ3v) is 1.08. The molecule has 0 unspecified atom stereocenters. The molecule has 0 rings (SSSR count). The average molecular weight is 126 g/mol. The van der Waals surface area contributed by atoms with Gasteiger partial charge in [0.1, 0.15) is 0 Å². The lowest BCUT2D eigenvalue weighted by molar-refractivity contribution is 0.818. The average Bonchev–Trinajstić information content (AvgIpc) is 1.91. The van der Waals surface area contributed by atoms with Gasteiger partial charge in [-0.3, -0.25) is 4.99 Å². The van der Waals surface area contributed by atoms with E-state index in [1.54, 1.807) is 13.1 Å². The zero-order chi connectivity index (χ0) is 7.11. The molecule has 0 radical (unpaired) electrons. The molecule has 0 aliphatic carbocycles. The van der Waals surface area contributed by atoms with E-state index in [0.29, 0.717) is 0 Å². The van der Waals surface area contributed by atoms with Gasteiger partial charge in [0, 0.05) is 19.3 Å². The fourth-order valence-corrected chi connectivity index (χ4v) is 0.496. The number of hydrogen-bond donors (Lipinski definition) is 1. The third-order valence-electron chi connectivity index (χ3n) is 1.08. The Bertz CT molecular complexity index is 105. The summed E-state index contributed by atoms with van der Waals surface area (Å²) in [6.45, 7) is 7.49. The molecule has 0 aliphatic rings. The van der Waals surface area contributed by atoms with Gasteiger partial charge in [-0.2, -0.15) is 0 Å². The Hall–Kier alpha value is -0.630. The second-order valence-corrected chi connectivity index (χ2v) is 1.70. The smallest absolute Gasteiger partial charge is 0.0477 e. The molecule has 2 heteroatoms.